The van der Waals surface area contributed by atoms with Crippen LogP contribution in [0, 0.1) is 18.8 Å². The van der Waals surface area contributed by atoms with Gasteiger partial charge in [0.2, 0.25) is 0 Å². The summed E-state index contributed by atoms with van der Waals surface area (Å²) in [6.45, 7) is 3.69. The topological polar surface area (TPSA) is 37.3 Å². The van der Waals surface area contributed by atoms with E-state index >= 15 is 0 Å². The zero-order valence-electron chi connectivity index (χ0n) is 11.6. The molecule has 0 bridgehead atoms. The Kier molecular flexibility index (Phi) is 4.22. The van der Waals surface area contributed by atoms with E-state index in [9.17, 15) is 4.79 Å². The molecule has 0 aliphatic heterocycles. The summed E-state index contributed by atoms with van der Waals surface area (Å²) in [5, 5.41) is 9.14. The fourth-order valence-corrected chi connectivity index (χ4v) is 1.97. The van der Waals surface area contributed by atoms with E-state index in [0.29, 0.717) is 0 Å². The standard InChI is InChI=1S/C18H16O2/c1-13-7-3-4-8-15(13)11-12-16-9-5-6-10-17(16)14(2)18(19)20/h3-10,14H,1-2H3,(H,19,20). The van der Waals surface area contributed by atoms with Crippen molar-refractivity contribution in [3.63, 3.8) is 0 Å². The van der Waals surface area contributed by atoms with Gasteiger partial charge >= 0.3 is 5.97 Å². The lowest BCUT2D eigenvalue weighted by atomic mass is 9.96. The molecule has 100 valence electrons. The Bertz CT molecular complexity index is 690. The van der Waals surface area contributed by atoms with Crippen LogP contribution in [0.3, 0.4) is 0 Å². The molecular formula is C18H16O2. The van der Waals surface area contributed by atoms with Gasteiger partial charge in [-0.25, -0.2) is 0 Å². The second-order valence-electron chi connectivity index (χ2n) is 4.71. The summed E-state index contributed by atoms with van der Waals surface area (Å²) < 4.78 is 0. The number of benzene rings is 2. The van der Waals surface area contributed by atoms with Crippen LogP contribution in [0.15, 0.2) is 48.5 Å². The molecule has 1 unspecified atom stereocenters. The first-order valence-corrected chi connectivity index (χ1v) is 6.49. The molecule has 0 spiro atoms. The van der Waals surface area contributed by atoms with Gasteiger partial charge in [-0.05, 0) is 37.1 Å². The van der Waals surface area contributed by atoms with E-state index in [1.807, 2.05) is 55.5 Å². The van der Waals surface area contributed by atoms with E-state index in [-0.39, 0.29) is 0 Å². The zero-order valence-corrected chi connectivity index (χ0v) is 11.6. The van der Waals surface area contributed by atoms with Crippen molar-refractivity contribution >= 4 is 5.97 Å². The molecule has 2 rings (SSSR count). The number of carbonyl (C=O) groups is 1. The van der Waals surface area contributed by atoms with E-state index < -0.39 is 11.9 Å². The molecule has 0 amide bonds. The second-order valence-corrected chi connectivity index (χ2v) is 4.71. The zero-order chi connectivity index (χ0) is 14.5. The van der Waals surface area contributed by atoms with Crippen molar-refractivity contribution < 1.29 is 9.90 Å². The summed E-state index contributed by atoms with van der Waals surface area (Å²) in [6.07, 6.45) is 0. The van der Waals surface area contributed by atoms with E-state index in [2.05, 4.69) is 11.8 Å². The molecule has 0 aliphatic carbocycles. The highest BCUT2D eigenvalue weighted by atomic mass is 16.4. The van der Waals surface area contributed by atoms with Gasteiger partial charge in [-0.3, -0.25) is 4.79 Å². The van der Waals surface area contributed by atoms with Gasteiger partial charge in [-0.15, -0.1) is 0 Å². The third-order valence-corrected chi connectivity index (χ3v) is 3.27. The van der Waals surface area contributed by atoms with Gasteiger partial charge in [0.1, 0.15) is 0 Å². The Morgan fingerprint density at radius 1 is 1.00 bits per heavy atom. The molecular weight excluding hydrogens is 248 g/mol. The number of aliphatic carboxylic acids is 1. The van der Waals surface area contributed by atoms with Gasteiger partial charge in [0.15, 0.2) is 0 Å². The molecule has 20 heavy (non-hydrogen) atoms. The van der Waals surface area contributed by atoms with Crippen molar-refractivity contribution in [2.24, 2.45) is 0 Å². The van der Waals surface area contributed by atoms with Crippen LogP contribution >= 0.6 is 0 Å². The first kappa shape index (κ1) is 13.9. The lowest BCUT2D eigenvalue weighted by molar-refractivity contribution is -0.138. The number of hydrogen-bond donors (Lipinski definition) is 1. The minimum Gasteiger partial charge on any atom is -0.481 e. The van der Waals surface area contributed by atoms with Gasteiger partial charge < -0.3 is 5.11 Å². The smallest absolute Gasteiger partial charge is 0.310 e. The van der Waals surface area contributed by atoms with Crippen LogP contribution in [0.1, 0.15) is 35.1 Å². The van der Waals surface area contributed by atoms with Gasteiger partial charge in [0.05, 0.1) is 5.92 Å². The molecule has 0 aromatic heterocycles. The van der Waals surface area contributed by atoms with Crippen LogP contribution in [-0.4, -0.2) is 11.1 Å². The maximum Gasteiger partial charge on any atom is 0.310 e. The first-order chi connectivity index (χ1) is 9.59. The molecule has 0 radical (unpaired) electrons. The second kappa shape index (κ2) is 6.08. The van der Waals surface area contributed by atoms with Crippen molar-refractivity contribution in [3.8, 4) is 11.8 Å². The number of carboxylic acids is 1. The van der Waals surface area contributed by atoms with Crippen molar-refractivity contribution in [1.82, 2.24) is 0 Å². The predicted octanol–water partition coefficient (Wildman–Crippen LogP) is 3.58. The fraction of sp³-hybridized carbons (Fsp3) is 0.167. The molecule has 1 N–H and O–H groups in total. The maximum absolute atomic E-state index is 11.1. The van der Waals surface area contributed by atoms with Crippen molar-refractivity contribution in [1.29, 1.82) is 0 Å². The highest BCUT2D eigenvalue weighted by Crippen LogP contribution is 2.19. The average Bonchev–Trinajstić information content (AvgIpc) is 2.46. The third-order valence-electron chi connectivity index (χ3n) is 3.27. The van der Waals surface area contributed by atoms with Crippen molar-refractivity contribution in [2.45, 2.75) is 19.8 Å². The molecule has 0 saturated heterocycles. The largest absolute Gasteiger partial charge is 0.481 e. The highest BCUT2D eigenvalue weighted by Gasteiger charge is 2.15. The first-order valence-electron chi connectivity index (χ1n) is 6.49. The lowest BCUT2D eigenvalue weighted by Gasteiger charge is -2.08. The Balaban J connectivity index is 2.41. The third kappa shape index (κ3) is 3.07. The Morgan fingerprint density at radius 2 is 1.55 bits per heavy atom. The normalized spacial score (nSPS) is 11.3. The highest BCUT2D eigenvalue weighted by molar-refractivity contribution is 5.76. The van der Waals surface area contributed by atoms with Crippen LogP contribution in [0.25, 0.3) is 0 Å². The molecule has 2 aromatic carbocycles. The summed E-state index contributed by atoms with van der Waals surface area (Å²) in [5.74, 6) is 4.82. The van der Waals surface area contributed by atoms with Crippen LogP contribution in [0.5, 0.6) is 0 Å². The van der Waals surface area contributed by atoms with Crippen molar-refractivity contribution in [3.05, 3.63) is 70.8 Å². The molecule has 1 atom stereocenters. The molecule has 0 fully saturated rings. The van der Waals surface area contributed by atoms with Crippen molar-refractivity contribution in [2.75, 3.05) is 0 Å². The monoisotopic (exact) mass is 264 g/mol. The van der Waals surface area contributed by atoms with Crippen LogP contribution < -0.4 is 0 Å². The SMILES string of the molecule is Cc1ccccc1C#Cc1ccccc1C(C)C(=O)O. The van der Waals surface area contributed by atoms with E-state index in [1.165, 1.54) is 0 Å². The number of hydrogen-bond acceptors (Lipinski definition) is 1. The summed E-state index contributed by atoms with van der Waals surface area (Å²) >= 11 is 0. The minimum atomic E-state index is -0.838. The Hall–Kier alpha value is -2.53. The molecule has 0 saturated carbocycles. The van der Waals surface area contributed by atoms with E-state index in [4.69, 9.17) is 5.11 Å². The minimum absolute atomic E-state index is 0.558. The average molecular weight is 264 g/mol. The van der Waals surface area contributed by atoms with Gasteiger partial charge in [-0.1, -0.05) is 48.2 Å². The van der Waals surface area contributed by atoms with E-state index in [1.54, 1.807) is 6.92 Å². The van der Waals surface area contributed by atoms with Gasteiger partial charge in [-0.2, -0.15) is 0 Å². The van der Waals surface area contributed by atoms with E-state index in [0.717, 1.165) is 22.3 Å². The predicted molar refractivity (Wildman–Crippen MR) is 79.7 cm³/mol. The number of rotatable bonds is 2. The molecule has 2 heteroatoms. The maximum atomic E-state index is 11.1. The van der Waals surface area contributed by atoms with Gasteiger partial charge in [0.25, 0.3) is 0 Å². The molecule has 0 aliphatic rings. The fourth-order valence-electron chi connectivity index (χ4n) is 1.97. The summed E-state index contributed by atoms with van der Waals surface area (Å²) in [6, 6.07) is 15.3. The quantitative estimate of drug-likeness (QED) is 0.842. The Labute approximate surface area is 119 Å². The molecule has 2 aromatic rings. The summed E-state index contributed by atoms with van der Waals surface area (Å²) in [5.41, 5.74) is 3.60. The number of carboxylic acid groups (broad SMARTS) is 1. The summed E-state index contributed by atoms with van der Waals surface area (Å²) in [4.78, 5) is 11.1. The van der Waals surface area contributed by atoms with Crippen LogP contribution in [0.2, 0.25) is 0 Å². The molecule has 0 heterocycles. The number of aryl methyl sites for hydroxylation is 1. The Morgan fingerprint density at radius 3 is 2.20 bits per heavy atom. The van der Waals surface area contributed by atoms with Crippen LogP contribution in [0.4, 0.5) is 0 Å². The van der Waals surface area contributed by atoms with Gasteiger partial charge in [0, 0.05) is 11.1 Å². The summed E-state index contributed by atoms with van der Waals surface area (Å²) in [7, 11) is 0. The van der Waals surface area contributed by atoms with Crippen LogP contribution in [-0.2, 0) is 4.79 Å². The molecule has 2 nitrogen and oxygen atoms in total. The lowest BCUT2D eigenvalue weighted by Crippen LogP contribution is -2.08.